The van der Waals surface area contributed by atoms with Gasteiger partial charge in [0.25, 0.3) is 0 Å². The lowest BCUT2D eigenvalue weighted by atomic mass is 9.83. The number of hydrogen-bond acceptors (Lipinski definition) is 3. The molecule has 1 aliphatic heterocycles. The third kappa shape index (κ3) is 3.25. The fraction of sp³-hybridized carbons (Fsp3) is 0.571. The molecule has 0 unspecified atom stereocenters. The molecule has 21 heavy (non-hydrogen) atoms. The van der Waals surface area contributed by atoms with Gasteiger partial charge in [-0.3, -0.25) is 0 Å². The number of hydrogen-bond donors (Lipinski definition) is 1. The van der Waals surface area contributed by atoms with Crippen molar-refractivity contribution < 1.29 is 22.3 Å². The van der Waals surface area contributed by atoms with Gasteiger partial charge in [0.05, 0.1) is 6.61 Å². The van der Waals surface area contributed by atoms with Gasteiger partial charge >= 0.3 is 0 Å². The lowest BCUT2D eigenvalue weighted by molar-refractivity contribution is 0.195. The molecule has 1 saturated heterocycles. The summed E-state index contributed by atoms with van der Waals surface area (Å²) in [6.07, 6.45) is 1.33. The number of benzene rings is 1. The van der Waals surface area contributed by atoms with E-state index in [2.05, 4.69) is 0 Å². The summed E-state index contributed by atoms with van der Waals surface area (Å²) in [5.41, 5.74) is 0.0766. The van der Waals surface area contributed by atoms with Crippen molar-refractivity contribution in [2.75, 3.05) is 13.1 Å². The number of rotatable bonds is 3. The topological polar surface area (TPSA) is 57.6 Å². The fourth-order valence-electron chi connectivity index (χ4n) is 2.37. The van der Waals surface area contributed by atoms with Crippen LogP contribution >= 0.6 is 0 Å². The number of sulfonamides is 1. The van der Waals surface area contributed by atoms with Crippen molar-refractivity contribution in [2.24, 2.45) is 5.41 Å². The lowest BCUT2D eigenvalue weighted by Gasteiger charge is -2.36. The molecule has 1 aromatic rings. The Morgan fingerprint density at radius 2 is 1.81 bits per heavy atom. The molecule has 2 rings (SSSR count). The van der Waals surface area contributed by atoms with Crippen LogP contribution in [0.4, 0.5) is 8.78 Å². The second-order valence-electron chi connectivity index (χ2n) is 6.12. The van der Waals surface area contributed by atoms with Crippen LogP contribution in [0.1, 0.15) is 32.3 Å². The Kier molecular flexibility index (Phi) is 4.37. The smallest absolute Gasteiger partial charge is 0.246 e. The molecule has 1 heterocycles. The summed E-state index contributed by atoms with van der Waals surface area (Å²) in [6.45, 7) is 4.10. The summed E-state index contributed by atoms with van der Waals surface area (Å²) in [4.78, 5) is -0.703. The SMILES string of the molecule is CC1(C)CCN(S(=O)(=O)c2cc(CO)cc(F)c2F)CC1. The molecule has 1 N–H and O–H groups in total. The summed E-state index contributed by atoms with van der Waals surface area (Å²) in [5, 5.41) is 9.02. The van der Waals surface area contributed by atoms with E-state index in [4.69, 9.17) is 5.11 Å². The molecule has 0 saturated carbocycles. The van der Waals surface area contributed by atoms with Gasteiger partial charge in [0.2, 0.25) is 10.0 Å². The van der Waals surface area contributed by atoms with E-state index in [0.29, 0.717) is 12.8 Å². The molecule has 0 atom stereocenters. The molecule has 0 spiro atoms. The average molecular weight is 319 g/mol. The van der Waals surface area contributed by atoms with Crippen LogP contribution in [0.5, 0.6) is 0 Å². The summed E-state index contributed by atoms with van der Waals surface area (Å²) in [6, 6.07) is 1.79. The van der Waals surface area contributed by atoms with Gasteiger partial charge in [0.15, 0.2) is 11.6 Å². The summed E-state index contributed by atoms with van der Waals surface area (Å²) < 4.78 is 53.5. The van der Waals surface area contributed by atoms with Gasteiger partial charge in [-0.05, 0) is 36.0 Å². The maximum absolute atomic E-state index is 13.9. The minimum Gasteiger partial charge on any atom is -0.392 e. The van der Waals surface area contributed by atoms with Crippen LogP contribution in [0.15, 0.2) is 17.0 Å². The molecular weight excluding hydrogens is 300 g/mol. The van der Waals surface area contributed by atoms with Crippen molar-refractivity contribution in [1.29, 1.82) is 0 Å². The van der Waals surface area contributed by atoms with E-state index in [0.717, 1.165) is 12.1 Å². The van der Waals surface area contributed by atoms with Gasteiger partial charge in [-0.15, -0.1) is 0 Å². The molecule has 4 nitrogen and oxygen atoms in total. The minimum atomic E-state index is -4.09. The average Bonchev–Trinajstić information content (AvgIpc) is 2.41. The van der Waals surface area contributed by atoms with Gasteiger partial charge in [0, 0.05) is 13.1 Å². The van der Waals surface area contributed by atoms with Gasteiger partial charge in [-0.25, -0.2) is 17.2 Å². The first-order valence-electron chi connectivity index (χ1n) is 6.76. The molecule has 0 bridgehead atoms. The number of piperidine rings is 1. The Labute approximate surface area is 123 Å². The molecule has 0 aromatic heterocycles. The maximum Gasteiger partial charge on any atom is 0.246 e. The maximum atomic E-state index is 13.9. The monoisotopic (exact) mass is 319 g/mol. The normalized spacial score (nSPS) is 19.7. The number of aliphatic hydroxyl groups is 1. The van der Waals surface area contributed by atoms with Gasteiger partial charge < -0.3 is 5.11 Å². The van der Waals surface area contributed by atoms with E-state index < -0.39 is 33.2 Å². The van der Waals surface area contributed by atoms with Crippen molar-refractivity contribution in [2.45, 2.75) is 38.2 Å². The summed E-state index contributed by atoms with van der Waals surface area (Å²) in [7, 11) is -4.09. The standard InChI is InChI=1S/C14H19F2NO3S/c1-14(2)3-5-17(6-4-14)21(19,20)12-8-10(9-18)7-11(15)13(12)16/h7-8,18H,3-6,9H2,1-2H3. The van der Waals surface area contributed by atoms with E-state index >= 15 is 0 Å². The highest BCUT2D eigenvalue weighted by atomic mass is 32.2. The molecule has 118 valence electrons. The van der Waals surface area contributed by atoms with Crippen LogP contribution < -0.4 is 0 Å². The molecular formula is C14H19F2NO3S. The number of aliphatic hydroxyl groups excluding tert-OH is 1. The van der Waals surface area contributed by atoms with E-state index in [-0.39, 0.29) is 24.1 Å². The first-order valence-corrected chi connectivity index (χ1v) is 8.20. The van der Waals surface area contributed by atoms with Crippen LogP contribution in [0, 0.1) is 17.0 Å². The Balaban J connectivity index is 2.39. The third-order valence-corrected chi connectivity index (χ3v) is 5.83. The van der Waals surface area contributed by atoms with Crippen molar-refractivity contribution in [3.63, 3.8) is 0 Å². The Hall–Kier alpha value is -1.05. The second-order valence-corrected chi connectivity index (χ2v) is 8.02. The molecule has 1 aromatic carbocycles. The fourth-order valence-corrected chi connectivity index (χ4v) is 3.93. The quantitative estimate of drug-likeness (QED) is 0.930. The first-order chi connectivity index (χ1) is 9.67. The molecule has 0 radical (unpaired) electrons. The highest BCUT2D eigenvalue weighted by molar-refractivity contribution is 7.89. The van der Waals surface area contributed by atoms with Gasteiger partial charge in [0.1, 0.15) is 4.90 Å². The first kappa shape index (κ1) is 16.3. The Bertz CT molecular complexity index is 634. The van der Waals surface area contributed by atoms with Crippen LogP contribution in [0.3, 0.4) is 0 Å². The van der Waals surface area contributed by atoms with Crippen LogP contribution in [0.25, 0.3) is 0 Å². The van der Waals surface area contributed by atoms with E-state index in [1.165, 1.54) is 4.31 Å². The largest absolute Gasteiger partial charge is 0.392 e. The molecule has 7 heteroatoms. The summed E-state index contributed by atoms with van der Waals surface area (Å²) in [5.74, 6) is -2.66. The molecule has 1 fully saturated rings. The van der Waals surface area contributed by atoms with Crippen LogP contribution in [0.2, 0.25) is 0 Å². The summed E-state index contributed by atoms with van der Waals surface area (Å²) >= 11 is 0. The predicted octanol–water partition coefficient (Wildman–Crippen LogP) is 2.27. The number of nitrogens with zero attached hydrogens (tertiary/aromatic N) is 1. The van der Waals surface area contributed by atoms with Crippen molar-refractivity contribution in [3.8, 4) is 0 Å². The predicted molar refractivity (Wildman–Crippen MR) is 74.1 cm³/mol. The molecule has 0 amide bonds. The third-order valence-electron chi connectivity index (χ3n) is 3.93. The zero-order chi connectivity index (χ0) is 15.8. The van der Waals surface area contributed by atoms with Crippen LogP contribution in [-0.2, 0) is 16.6 Å². The zero-order valence-corrected chi connectivity index (χ0v) is 12.9. The van der Waals surface area contributed by atoms with Crippen molar-refractivity contribution >= 4 is 10.0 Å². The second kappa shape index (κ2) is 5.62. The van der Waals surface area contributed by atoms with E-state index in [9.17, 15) is 17.2 Å². The van der Waals surface area contributed by atoms with Gasteiger partial charge in [-0.1, -0.05) is 13.8 Å². The highest BCUT2D eigenvalue weighted by Gasteiger charge is 2.35. The lowest BCUT2D eigenvalue weighted by Crippen LogP contribution is -2.41. The van der Waals surface area contributed by atoms with E-state index in [1.807, 2.05) is 13.8 Å². The van der Waals surface area contributed by atoms with Crippen LogP contribution in [-0.4, -0.2) is 30.9 Å². The van der Waals surface area contributed by atoms with E-state index in [1.54, 1.807) is 0 Å². The van der Waals surface area contributed by atoms with Crippen molar-refractivity contribution in [3.05, 3.63) is 29.3 Å². The zero-order valence-electron chi connectivity index (χ0n) is 12.1. The molecule has 0 aliphatic carbocycles. The Morgan fingerprint density at radius 1 is 1.24 bits per heavy atom. The number of halogens is 2. The Morgan fingerprint density at radius 3 is 2.33 bits per heavy atom. The van der Waals surface area contributed by atoms with Crippen molar-refractivity contribution in [1.82, 2.24) is 4.31 Å². The minimum absolute atomic E-state index is 0.0322. The molecule has 1 aliphatic rings. The highest BCUT2D eigenvalue weighted by Crippen LogP contribution is 2.33. The van der Waals surface area contributed by atoms with Gasteiger partial charge in [-0.2, -0.15) is 4.31 Å².